The summed E-state index contributed by atoms with van der Waals surface area (Å²) in [6.45, 7) is 4.25. The Morgan fingerprint density at radius 2 is 2.10 bits per heavy atom. The number of hydrogen-bond donors (Lipinski definition) is 1. The van der Waals surface area contributed by atoms with Crippen LogP contribution in [0.25, 0.3) is 0 Å². The van der Waals surface area contributed by atoms with E-state index in [0.29, 0.717) is 11.9 Å². The summed E-state index contributed by atoms with van der Waals surface area (Å²) < 4.78 is 25.0. The second kappa shape index (κ2) is 7.85. The van der Waals surface area contributed by atoms with Crippen molar-refractivity contribution in [3.63, 3.8) is 0 Å². The molecule has 0 spiro atoms. The molecule has 1 heterocycles. The maximum absolute atomic E-state index is 11.9. The van der Waals surface area contributed by atoms with Gasteiger partial charge in [0.15, 0.2) is 0 Å². The molecule has 0 radical (unpaired) electrons. The number of thioether (sulfide) groups is 1. The normalized spacial score (nSPS) is 13.4. The molecule has 0 aliphatic carbocycles. The van der Waals surface area contributed by atoms with E-state index in [1.807, 2.05) is 11.8 Å². The predicted octanol–water partition coefficient (Wildman–Crippen LogP) is 2.28. The van der Waals surface area contributed by atoms with E-state index in [-0.39, 0.29) is 4.90 Å². The third-order valence-corrected chi connectivity index (χ3v) is 5.54. The van der Waals surface area contributed by atoms with Gasteiger partial charge in [-0.15, -0.1) is 0 Å². The van der Waals surface area contributed by atoms with Crippen molar-refractivity contribution in [3.8, 4) is 0 Å². The first-order chi connectivity index (χ1) is 9.37. The summed E-state index contributed by atoms with van der Waals surface area (Å²) in [6.07, 6.45) is 2.45. The molecule has 1 unspecified atom stereocenters. The van der Waals surface area contributed by atoms with Crippen LogP contribution in [0.2, 0.25) is 0 Å². The molecule has 5 nitrogen and oxygen atoms in total. The number of hydrogen-bond acceptors (Lipinski definition) is 5. The van der Waals surface area contributed by atoms with Gasteiger partial charge in [-0.25, -0.2) is 17.7 Å². The number of anilines is 1. The molecule has 1 N–H and O–H groups in total. The Kier molecular flexibility index (Phi) is 6.78. The molecule has 0 fully saturated rings. The summed E-state index contributed by atoms with van der Waals surface area (Å²) in [5, 5.41) is 3.28. The lowest BCUT2D eigenvalue weighted by Gasteiger charge is -2.15. The average molecular weight is 317 g/mol. The van der Waals surface area contributed by atoms with Crippen LogP contribution in [0, 0.1) is 0 Å². The highest BCUT2D eigenvalue weighted by atomic mass is 32.2. The standard InChI is InChI=1S/C13H23N3O2S2/c1-5-19-9-8-11(2)15-13-7-6-12(10-14-13)20(17,18)16(3)4/h6-7,10-11H,5,8-9H2,1-4H3,(H,14,15). The summed E-state index contributed by atoms with van der Waals surface area (Å²) in [5.41, 5.74) is 0. The Morgan fingerprint density at radius 3 is 2.60 bits per heavy atom. The van der Waals surface area contributed by atoms with E-state index in [0.717, 1.165) is 17.9 Å². The molecule has 1 aromatic heterocycles. The van der Waals surface area contributed by atoms with Gasteiger partial charge >= 0.3 is 0 Å². The molecule has 7 heteroatoms. The highest BCUT2D eigenvalue weighted by molar-refractivity contribution is 7.99. The molecular formula is C13H23N3O2S2. The lowest BCUT2D eigenvalue weighted by atomic mass is 10.2. The van der Waals surface area contributed by atoms with Crippen LogP contribution in [-0.2, 0) is 10.0 Å². The minimum atomic E-state index is -3.40. The van der Waals surface area contributed by atoms with E-state index >= 15 is 0 Å². The second-order valence-electron chi connectivity index (χ2n) is 4.70. The quantitative estimate of drug-likeness (QED) is 0.745. The topological polar surface area (TPSA) is 62.3 Å². The Morgan fingerprint density at radius 1 is 1.40 bits per heavy atom. The number of nitrogens with zero attached hydrogens (tertiary/aromatic N) is 2. The minimum absolute atomic E-state index is 0.210. The molecule has 0 amide bonds. The van der Waals surface area contributed by atoms with Gasteiger partial charge in [0.05, 0.1) is 0 Å². The third-order valence-electron chi connectivity index (χ3n) is 2.81. The van der Waals surface area contributed by atoms with E-state index in [2.05, 4.69) is 24.1 Å². The van der Waals surface area contributed by atoms with Crippen LogP contribution in [0.15, 0.2) is 23.2 Å². The van der Waals surface area contributed by atoms with E-state index in [1.165, 1.54) is 24.6 Å². The lowest BCUT2D eigenvalue weighted by Crippen LogP contribution is -2.22. The molecule has 114 valence electrons. The van der Waals surface area contributed by atoms with Gasteiger partial charge in [0.25, 0.3) is 0 Å². The van der Waals surface area contributed by atoms with E-state index < -0.39 is 10.0 Å². The van der Waals surface area contributed by atoms with Gasteiger partial charge in [0.2, 0.25) is 10.0 Å². The van der Waals surface area contributed by atoms with Crippen molar-refractivity contribution in [1.29, 1.82) is 0 Å². The first-order valence-corrected chi connectivity index (χ1v) is 9.20. The number of pyridine rings is 1. The van der Waals surface area contributed by atoms with E-state index in [4.69, 9.17) is 0 Å². The first-order valence-electron chi connectivity index (χ1n) is 6.60. The fraction of sp³-hybridized carbons (Fsp3) is 0.615. The highest BCUT2D eigenvalue weighted by Crippen LogP contribution is 2.15. The maximum Gasteiger partial charge on any atom is 0.244 e. The Labute approximate surface area is 126 Å². The molecule has 20 heavy (non-hydrogen) atoms. The maximum atomic E-state index is 11.9. The number of aromatic nitrogens is 1. The summed E-state index contributed by atoms with van der Waals surface area (Å²) in [5.74, 6) is 2.94. The van der Waals surface area contributed by atoms with Crippen LogP contribution in [0.5, 0.6) is 0 Å². The molecule has 1 rings (SSSR count). The molecule has 0 aliphatic heterocycles. The summed E-state index contributed by atoms with van der Waals surface area (Å²) >= 11 is 1.91. The van der Waals surface area contributed by atoms with Crippen LogP contribution < -0.4 is 5.32 Å². The number of rotatable bonds is 8. The largest absolute Gasteiger partial charge is 0.368 e. The van der Waals surface area contributed by atoms with Gasteiger partial charge in [0, 0.05) is 26.3 Å². The first kappa shape index (κ1) is 17.3. The molecule has 0 aliphatic rings. The van der Waals surface area contributed by atoms with Crippen LogP contribution in [0.1, 0.15) is 20.3 Å². The fourth-order valence-corrected chi connectivity index (χ4v) is 3.21. The van der Waals surface area contributed by atoms with Crippen LogP contribution >= 0.6 is 11.8 Å². The number of nitrogens with one attached hydrogen (secondary N) is 1. The lowest BCUT2D eigenvalue weighted by molar-refractivity contribution is 0.520. The van der Waals surface area contributed by atoms with Crippen molar-refractivity contribution in [3.05, 3.63) is 18.3 Å². The molecule has 0 saturated heterocycles. The Bertz CT molecular complexity index is 501. The zero-order chi connectivity index (χ0) is 15.2. The van der Waals surface area contributed by atoms with Gasteiger partial charge in [-0.2, -0.15) is 11.8 Å². The Balaban J connectivity index is 2.63. The number of sulfonamides is 1. The van der Waals surface area contributed by atoms with E-state index in [1.54, 1.807) is 12.1 Å². The van der Waals surface area contributed by atoms with Crippen molar-refractivity contribution in [2.24, 2.45) is 0 Å². The van der Waals surface area contributed by atoms with Gasteiger partial charge in [-0.3, -0.25) is 0 Å². The van der Waals surface area contributed by atoms with Gasteiger partial charge in [-0.05, 0) is 37.0 Å². The van der Waals surface area contributed by atoms with Crippen molar-refractivity contribution in [1.82, 2.24) is 9.29 Å². The van der Waals surface area contributed by atoms with Crippen LogP contribution in [0.3, 0.4) is 0 Å². The third kappa shape index (κ3) is 4.96. The Hall–Kier alpha value is -0.790. The predicted molar refractivity (Wildman–Crippen MR) is 85.8 cm³/mol. The van der Waals surface area contributed by atoms with Crippen LogP contribution in [0.4, 0.5) is 5.82 Å². The van der Waals surface area contributed by atoms with Crippen molar-refractivity contribution < 1.29 is 8.42 Å². The molecule has 0 saturated carbocycles. The molecular weight excluding hydrogens is 294 g/mol. The van der Waals surface area contributed by atoms with Crippen molar-refractivity contribution in [2.75, 3.05) is 30.9 Å². The SMILES string of the molecule is CCSCCC(C)Nc1ccc(S(=O)(=O)N(C)C)cn1. The summed E-state index contributed by atoms with van der Waals surface area (Å²) in [6, 6.07) is 3.61. The van der Waals surface area contributed by atoms with E-state index in [9.17, 15) is 8.42 Å². The highest BCUT2D eigenvalue weighted by Gasteiger charge is 2.17. The van der Waals surface area contributed by atoms with Crippen molar-refractivity contribution in [2.45, 2.75) is 31.2 Å². The van der Waals surface area contributed by atoms with Gasteiger partial charge in [0.1, 0.15) is 10.7 Å². The molecule has 1 atom stereocenters. The molecule has 1 aromatic rings. The minimum Gasteiger partial charge on any atom is -0.368 e. The molecule has 0 bridgehead atoms. The zero-order valence-electron chi connectivity index (χ0n) is 12.5. The van der Waals surface area contributed by atoms with Crippen molar-refractivity contribution >= 4 is 27.6 Å². The smallest absolute Gasteiger partial charge is 0.244 e. The van der Waals surface area contributed by atoms with Crippen LogP contribution in [-0.4, -0.2) is 49.3 Å². The summed E-state index contributed by atoms with van der Waals surface area (Å²) in [7, 11) is -0.382. The average Bonchev–Trinajstić information content (AvgIpc) is 2.39. The summed E-state index contributed by atoms with van der Waals surface area (Å²) in [4.78, 5) is 4.38. The second-order valence-corrected chi connectivity index (χ2v) is 8.24. The van der Waals surface area contributed by atoms with Gasteiger partial charge < -0.3 is 5.32 Å². The molecule has 0 aromatic carbocycles. The zero-order valence-corrected chi connectivity index (χ0v) is 14.1. The fourth-order valence-electron chi connectivity index (χ4n) is 1.56. The van der Waals surface area contributed by atoms with Gasteiger partial charge in [-0.1, -0.05) is 6.92 Å². The monoisotopic (exact) mass is 317 g/mol.